The molecule has 0 fully saturated rings. The second-order valence-corrected chi connectivity index (χ2v) is 28.7. The van der Waals surface area contributed by atoms with E-state index in [0.29, 0.717) is 120 Å². The molecule has 8 rings (SSSR count). The van der Waals surface area contributed by atoms with Gasteiger partial charge in [-0.05, 0) is 121 Å². The maximum Gasteiger partial charge on any atom is 0.257 e. The number of ether oxygens (including phenoxy) is 4. The molecule has 0 spiro atoms. The zero-order chi connectivity index (χ0) is 69.8. The molecule has 0 aliphatic heterocycles. The second-order valence-electron chi connectivity index (χ2n) is 28.7. The van der Waals surface area contributed by atoms with E-state index >= 15 is 0 Å². The van der Waals surface area contributed by atoms with E-state index in [4.69, 9.17) is 18.9 Å². The highest BCUT2D eigenvalue weighted by molar-refractivity contribution is 5.79. The lowest BCUT2D eigenvalue weighted by Gasteiger charge is -2.28. The van der Waals surface area contributed by atoms with Gasteiger partial charge in [-0.25, -0.2) is 19.9 Å². The number of nitrogens with zero attached hydrogens (tertiary/aromatic N) is 12. The van der Waals surface area contributed by atoms with Crippen LogP contribution in [0.4, 0.5) is 0 Å². The smallest absolute Gasteiger partial charge is 0.257 e. The highest BCUT2D eigenvalue weighted by atomic mass is 16.5. The van der Waals surface area contributed by atoms with Crippen LogP contribution in [0.1, 0.15) is 177 Å². The van der Waals surface area contributed by atoms with Gasteiger partial charge in [0.15, 0.2) is 26.4 Å². The molecule has 8 aromatic rings. The van der Waals surface area contributed by atoms with Gasteiger partial charge in [-0.15, -0.1) is 0 Å². The molecule has 0 saturated carbocycles. The molecule has 0 radical (unpaired) electrons. The summed E-state index contributed by atoms with van der Waals surface area (Å²) in [5, 5.41) is 28.9. The van der Waals surface area contributed by atoms with Crippen molar-refractivity contribution < 1.29 is 38.1 Å². The van der Waals surface area contributed by atoms with Gasteiger partial charge in [0.05, 0.1) is 0 Å². The Labute approximate surface area is 570 Å². The molecule has 0 unspecified atom stereocenters. The first kappa shape index (κ1) is 73.3. The van der Waals surface area contributed by atoms with Gasteiger partial charge in [0.2, 0.25) is 0 Å². The topological polar surface area (TPSA) is 276 Å². The van der Waals surface area contributed by atoms with E-state index in [1.165, 1.54) is 25.3 Å². The van der Waals surface area contributed by atoms with Crippen molar-refractivity contribution in [3.8, 4) is 23.0 Å². The fraction of sp³-hybridized carbons (Fsp3) is 0.507. The largest absolute Gasteiger partial charge is 0.483 e. The normalized spacial score (nSPS) is 11.9. The minimum atomic E-state index is -0.399. The summed E-state index contributed by atoms with van der Waals surface area (Å²) in [7, 11) is 0. The predicted molar refractivity (Wildman–Crippen MR) is 371 cm³/mol. The van der Waals surface area contributed by atoms with E-state index in [2.05, 4.69) is 194 Å². The molecule has 520 valence electrons. The van der Waals surface area contributed by atoms with E-state index < -0.39 is 10.8 Å². The number of carbonyl (C=O) groups is 4. The van der Waals surface area contributed by atoms with Gasteiger partial charge in [-0.3, -0.25) is 37.9 Å². The number of benzene rings is 4. The third-order valence-corrected chi connectivity index (χ3v) is 16.6. The fourth-order valence-corrected chi connectivity index (χ4v) is 11.0. The van der Waals surface area contributed by atoms with Crippen LogP contribution in [0.2, 0.25) is 0 Å². The van der Waals surface area contributed by atoms with Gasteiger partial charge >= 0.3 is 0 Å². The first-order valence-electron chi connectivity index (χ1n) is 33.7. The summed E-state index contributed by atoms with van der Waals surface area (Å²) in [6.07, 6.45) is 16.5. The van der Waals surface area contributed by atoms with Crippen LogP contribution in [0.5, 0.6) is 23.0 Å². The minimum absolute atomic E-state index is 0.210. The maximum absolute atomic E-state index is 14.1. The minimum Gasteiger partial charge on any atom is -0.483 e. The Morgan fingerprint density at radius 2 is 0.629 bits per heavy atom. The van der Waals surface area contributed by atoms with Crippen molar-refractivity contribution >= 4 is 23.6 Å². The van der Waals surface area contributed by atoms with Crippen LogP contribution >= 0.6 is 0 Å². The SMILES string of the molecule is CCc1cc(C(C)(C)C)cc(Cc2cc(C(C)(C)C)cc(Cc3cc(C(C)(C)C)cc(Cc4cc(C(C)(C)C)ccc4OCC(=O)NCCCn4cncn4)c3OCC(=O)NCCCn3cncn3)c2OCC(=O)NCCCn2cncn2)c1OCC(=O)NCCCn1cncn1. The third-order valence-electron chi connectivity index (χ3n) is 16.6. The Bertz CT molecular complexity index is 3820. The Balaban J connectivity index is 1.23. The van der Waals surface area contributed by atoms with E-state index in [0.717, 1.165) is 61.2 Å². The average molecular weight is 1330 g/mol. The maximum atomic E-state index is 14.1. The highest BCUT2D eigenvalue weighted by Gasteiger charge is 2.29. The first-order valence-corrected chi connectivity index (χ1v) is 33.7. The molecule has 0 bridgehead atoms. The first-order chi connectivity index (χ1) is 46.2. The van der Waals surface area contributed by atoms with Crippen LogP contribution in [0.3, 0.4) is 0 Å². The molecule has 0 aliphatic rings. The summed E-state index contributed by atoms with van der Waals surface area (Å²) in [5.74, 6) is 1.02. The number of rotatable bonds is 35. The van der Waals surface area contributed by atoms with Gasteiger partial charge in [0, 0.05) is 71.6 Å². The summed E-state index contributed by atoms with van der Waals surface area (Å²) in [4.78, 5) is 71.4. The molecule has 4 N–H and O–H groups in total. The van der Waals surface area contributed by atoms with Crippen LogP contribution in [0.25, 0.3) is 0 Å². The lowest BCUT2D eigenvalue weighted by Crippen LogP contribution is -2.31. The number of aryl methyl sites for hydroxylation is 5. The molecular formula is C73H100N16O8. The van der Waals surface area contributed by atoms with Crippen molar-refractivity contribution in [3.63, 3.8) is 0 Å². The van der Waals surface area contributed by atoms with Crippen molar-refractivity contribution in [2.24, 2.45) is 0 Å². The molecule has 4 aromatic heterocycles. The molecular weight excluding hydrogens is 1230 g/mol. The quantitative estimate of drug-likeness (QED) is 0.0270. The highest BCUT2D eigenvalue weighted by Crippen LogP contribution is 2.42. The Morgan fingerprint density at radius 1 is 0.361 bits per heavy atom. The molecule has 24 heteroatoms. The summed E-state index contributed by atoms with van der Waals surface area (Å²) in [5.41, 5.74) is 8.64. The number of amides is 4. The second kappa shape index (κ2) is 34.0. The monoisotopic (exact) mass is 1330 g/mol. The number of hydrogen-bond donors (Lipinski definition) is 4. The summed E-state index contributed by atoms with van der Waals surface area (Å²) in [6, 6.07) is 19.1. The number of nitrogens with one attached hydrogen (secondary N) is 4. The van der Waals surface area contributed by atoms with E-state index in [1.54, 1.807) is 44.0 Å². The standard InChI is InChI=1S/C73H100N16O8/c1-14-51-32-59(71(5,6)7)35-54(67(51)95-40-64(91)79-22-16-26-87-48-75-44-83-87)30-55-36-61(73(11,12)13)38-57(69(55)97-42-66(93)81-24-18-28-89-50-77-46-85-89)31-56-37-60(72(8,9)10)34-53(68(56)96-41-65(92)80-23-17-27-88-49-76-45-84-88)29-52-33-58(70(2,3)4)19-20-62(52)94-39-63(90)78-21-15-25-86-47-74-43-82-86/h19-20,32-38,43-50H,14-18,21-31,39-42H2,1-13H3,(H,78,90)(H,79,91)(H,80,92)(H,81,93). The van der Waals surface area contributed by atoms with Gasteiger partial charge in [0.1, 0.15) is 73.6 Å². The summed E-state index contributed by atoms with van der Waals surface area (Å²) < 4.78 is 34.0. The third kappa shape index (κ3) is 22.6. The molecule has 24 nitrogen and oxygen atoms in total. The Kier molecular flexibility index (Phi) is 25.7. The van der Waals surface area contributed by atoms with Gasteiger partial charge in [-0.2, -0.15) is 20.4 Å². The summed E-state index contributed by atoms with van der Waals surface area (Å²) in [6.45, 7) is 31.0. The van der Waals surface area contributed by atoms with Crippen molar-refractivity contribution in [1.29, 1.82) is 0 Å². The summed E-state index contributed by atoms with van der Waals surface area (Å²) >= 11 is 0. The van der Waals surface area contributed by atoms with Crippen LogP contribution < -0.4 is 40.2 Å². The molecule has 4 aromatic carbocycles. The molecule has 4 heterocycles. The molecule has 4 amide bonds. The Hall–Kier alpha value is -9.48. The predicted octanol–water partition coefficient (Wildman–Crippen LogP) is 8.92. The van der Waals surface area contributed by atoms with Crippen molar-refractivity contribution in [1.82, 2.24) is 80.3 Å². The van der Waals surface area contributed by atoms with E-state index in [1.807, 2.05) is 12.1 Å². The van der Waals surface area contributed by atoms with E-state index in [9.17, 15) is 19.2 Å². The van der Waals surface area contributed by atoms with E-state index in [-0.39, 0.29) is 67.3 Å². The van der Waals surface area contributed by atoms with Crippen LogP contribution in [-0.2, 0) is 92.7 Å². The number of carbonyl (C=O) groups excluding carboxylic acids is 4. The van der Waals surface area contributed by atoms with Gasteiger partial charge in [0.25, 0.3) is 23.6 Å². The van der Waals surface area contributed by atoms with Gasteiger partial charge < -0.3 is 40.2 Å². The molecule has 0 atom stereocenters. The zero-order valence-corrected chi connectivity index (χ0v) is 59.1. The zero-order valence-electron chi connectivity index (χ0n) is 59.1. The van der Waals surface area contributed by atoms with Crippen LogP contribution in [0, 0.1) is 0 Å². The molecule has 0 saturated heterocycles. The fourth-order valence-electron chi connectivity index (χ4n) is 11.0. The lowest BCUT2D eigenvalue weighted by atomic mass is 9.80. The molecule has 97 heavy (non-hydrogen) atoms. The van der Waals surface area contributed by atoms with Crippen LogP contribution in [-0.4, -0.2) is 135 Å². The van der Waals surface area contributed by atoms with Crippen molar-refractivity contribution in [2.45, 2.75) is 189 Å². The number of hydrogen-bond acceptors (Lipinski definition) is 16. The Morgan fingerprint density at radius 3 is 0.907 bits per heavy atom. The van der Waals surface area contributed by atoms with Crippen molar-refractivity contribution in [2.75, 3.05) is 52.6 Å². The van der Waals surface area contributed by atoms with Gasteiger partial charge in [-0.1, -0.05) is 139 Å². The number of aromatic nitrogens is 12. The van der Waals surface area contributed by atoms with Crippen LogP contribution in [0.15, 0.2) is 105 Å². The lowest BCUT2D eigenvalue weighted by molar-refractivity contribution is -0.123. The average Bonchev–Trinajstić information content (AvgIpc) is 1.50. The molecule has 0 aliphatic carbocycles. The van der Waals surface area contributed by atoms with Crippen molar-refractivity contribution in [3.05, 3.63) is 166 Å².